The van der Waals surface area contributed by atoms with Crippen molar-refractivity contribution < 1.29 is 38.8 Å². The van der Waals surface area contributed by atoms with E-state index in [0.29, 0.717) is 54.2 Å². The number of carbonyl (C=O) groups is 1. The summed E-state index contributed by atoms with van der Waals surface area (Å²) in [5, 5.41) is 37.1. The Hall–Kier alpha value is -6.36. The van der Waals surface area contributed by atoms with E-state index in [0.717, 1.165) is 77.4 Å². The number of aryl methyl sites for hydroxylation is 1. The maximum absolute atomic E-state index is 15.7. The number of unbranched alkanes of at least 4 members (excludes halogenated alkanes) is 2. The number of hydrogen-bond acceptors (Lipinski definition) is 11. The van der Waals surface area contributed by atoms with Crippen LogP contribution >= 0.6 is 0 Å². The molecule has 1 saturated carbocycles. The third kappa shape index (κ3) is 10.4. The zero-order valence-corrected chi connectivity index (χ0v) is 40.1. The zero-order chi connectivity index (χ0) is 48.5. The van der Waals surface area contributed by atoms with Crippen LogP contribution in [-0.2, 0) is 27.5 Å². The maximum atomic E-state index is 15.7. The molecule has 3 heterocycles. The molecule has 9 rings (SSSR count). The van der Waals surface area contributed by atoms with E-state index >= 15 is 4.79 Å². The normalized spacial score (nSPS) is 24.1. The van der Waals surface area contributed by atoms with Crippen molar-refractivity contribution in [1.29, 1.82) is 5.26 Å². The SMILES string of the molecule is C=CCO[C@@]12Oc3ccc(OCc4cccc(C)n4)cc3[C@H]3[C@H](CCCCO)[C@@H](CCCCO)C=C(C(=NOC4CCCCO4)C[C@@H]1N(Cc1cccc4ccccc14)C(=O)c1ccc(C#N)cc1)[C@H]32. The lowest BCUT2D eigenvalue weighted by atomic mass is 9.55. The number of nitrogens with zero attached hydrogens (tertiary/aromatic N) is 4. The number of fused-ring (bicyclic) bond motifs is 3. The second-order valence-corrected chi connectivity index (χ2v) is 19.0. The second-order valence-electron chi connectivity index (χ2n) is 19.0. The number of hydrogen-bond donors (Lipinski definition) is 2. The number of nitriles is 1. The van der Waals surface area contributed by atoms with E-state index in [2.05, 4.69) is 49.1 Å². The fraction of sp³-hybridized carbons (Fsp3) is 0.414. The lowest BCUT2D eigenvalue weighted by Gasteiger charge is -2.60. The van der Waals surface area contributed by atoms with E-state index < -0.39 is 24.0 Å². The van der Waals surface area contributed by atoms with Crippen LogP contribution in [0.25, 0.3) is 10.8 Å². The molecule has 70 heavy (non-hydrogen) atoms. The lowest BCUT2D eigenvalue weighted by molar-refractivity contribution is -0.255. The molecular formula is C58H64N4O8. The molecule has 1 amide bonds. The fourth-order valence-corrected chi connectivity index (χ4v) is 11.3. The number of pyridine rings is 1. The van der Waals surface area contributed by atoms with Crippen LogP contribution in [0.2, 0.25) is 0 Å². The van der Waals surface area contributed by atoms with Gasteiger partial charge in [-0.15, -0.1) is 6.58 Å². The first-order valence-corrected chi connectivity index (χ1v) is 25.0. The van der Waals surface area contributed by atoms with Gasteiger partial charge in [-0.1, -0.05) is 78.7 Å². The Balaban J connectivity index is 1.27. The Morgan fingerprint density at radius 3 is 2.54 bits per heavy atom. The summed E-state index contributed by atoms with van der Waals surface area (Å²) in [4.78, 5) is 28.7. The quantitative estimate of drug-likeness (QED) is 0.0437. The van der Waals surface area contributed by atoms with Crippen LogP contribution in [0.1, 0.15) is 109 Å². The first-order valence-electron chi connectivity index (χ1n) is 25.0. The number of aromatic nitrogens is 1. The van der Waals surface area contributed by atoms with Gasteiger partial charge in [0.25, 0.3) is 5.91 Å². The Morgan fingerprint density at radius 1 is 0.971 bits per heavy atom. The molecule has 0 spiro atoms. The lowest BCUT2D eigenvalue weighted by Crippen LogP contribution is -2.70. The first-order chi connectivity index (χ1) is 34.3. The fourth-order valence-electron chi connectivity index (χ4n) is 11.3. The predicted octanol–water partition coefficient (Wildman–Crippen LogP) is 10.5. The van der Waals surface area contributed by atoms with E-state index in [4.69, 9.17) is 33.9 Å². The van der Waals surface area contributed by atoms with Gasteiger partial charge in [-0.25, -0.2) is 0 Å². The maximum Gasteiger partial charge on any atom is 0.254 e. The first kappa shape index (κ1) is 48.7. The molecule has 1 unspecified atom stereocenters. The molecule has 4 aromatic carbocycles. The zero-order valence-electron chi connectivity index (χ0n) is 40.1. The van der Waals surface area contributed by atoms with Gasteiger partial charge in [-0.2, -0.15) is 5.26 Å². The predicted molar refractivity (Wildman–Crippen MR) is 268 cm³/mol. The number of carbonyl (C=O) groups excluding carboxylic acids is 1. The van der Waals surface area contributed by atoms with Gasteiger partial charge in [0.05, 0.1) is 42.2 Å². The molecule has 364 valence electrons. The highest BCUT2D eigenvalue weighted by Crippen LogP contribution is 2.62. The van der Waals surface area contributed by atoms with Gasteiger partial charge in [0.1, 0.15) is 24.1 Å². The summed E-state index contributed by atoms with van der Waals surface area (Å²) in [6, 6.07) is 34.4. The van der Waals surface area contributed by atoms with Crippen LogP contribution in [0.4, 0.5) is 0 Å². The van der Waals surface area contributed by atoms with E-state index in [1.807, 2.05) is 60.4 Å². The van der Waals surface area contributed by atoms with Crippen LogP contribution in [0.5, 0.6) is 11.5 Å². The van der Waals surface area contributed by atoms with Crippen LogP contribution < -0.4 is 9.47 Å². The smallest absolute Gasteiger partial charge is 0.254 e. The van der Waals surface area contributed by atoms with Crippen LogP contribution in [0.3, 0.4) is 0 Å². The molecule has 12 heteroatoms. The van der Waals surface area contributed by atoms with Gasteiger partial charge >= 0.3 is 0 Å². The van der Waals surface area contributed by atoms with Gasteiger partial charge in [0, 0.05) is 55.3 Å². The number of amides is 1. The minimum Gasteiger partial charge on any atom is -0.487 e. The standard InChI is InChI=1S/C58H64N4O8/c1-3-31-68-58-53(62(57(65)42-25-23-40(36-59)24-26-42)37-44-18-13-17-41-15-4-5-20-47(41)44)35-51(61-70-54-22-8-11-32-66-54)49-33-43(16-6-9-29-63)48(21-7-10-30-64)55(56(49)58)50-34-46(27-28-52(50)69-58)67-38-45-19-12-14-39(2)60-45/h3-5,12-15,17-20,23-28,33-34,43,48,53-56,63-64H,1,6-11,16,21-22,29-32,35,37-38H2,2H3/t43-,48+,53-,54?,55+,56+,58+/m0/s1. The van der Waals surface area contributed by atoms with Crippen LogP contribution in [-0.4, -0.2) is 76.3 Å². The number of ether oxygens (including phenoxy) is 4. The number of rotatable bonds is 20. The van der Waals surface area contributed by atoms with Crippen molar-refractivity contribution in [2.24, 2.45) is 22.9 Å². The third-order valence-electron chi connectivity index (χ3n) is 14.5. The molecule has 2 aliphatic heterocycles. The van der Waals surface area contributed by atoms with E-state index in [9.17, 15) is 15.5 Å². The molecule has 7 atom stereocenters. The van der Waals surface area contributed by atoms with Crippen molar-refractivity contribution in [3.05, 3.63) is 161 Å². The number of aliphatic hydroxyl groups is 2. The Morgan fingerprint density at radius 2 is 1.77 bits per heavy atom. The number of aliphatic hydroxyl groups excluding tert-OH is 2. The van der Waals surface area contributed by atoms with Gasteiger partial charge in [0.2, 0.25) is 12.1 Å². The molecule has 2 N–H and O–H groups in total. The molecular weight excluding hydrogens is 881 g/mol. The monoisotopic (exact) mass is 944 g/mol. The largest absolute Gasteiger partial charge is 0.487 e. The second kappa shape index (κ2) is 22.6. The molecule has 1 aromatic heterocycles. The average molecular weight is 945 g/mol. The Kier molecular flexibility index (Phi) is 15.7. The summed E-state index contributed by atoms with van der Waals surface area (Å²) in [7, 11) is 0. The molecule has 2 fully saturated rings. The average Bonchev–Trinajstić information content (AvgIpc) is 3.39. The number of allylic oxidation sites excluding steroid dienone is 1. The minimum atomic E-state index is -1.50. The van der Waals surface area contributed by atoms with Crippen molar-refractivity contribution in [3.63, 3.8) is 0 Å². The molecule has 1 saturated heterocycles. The van der Waals surface area contributed by atoms with E-state index in [1.165, 1.54) is 0 Å². The van der Waals surface area contributed by atoms with Crippen LogP contribution in [0, 0.1) is 36.0 Å². The Labute approximate surface area is 411 Å². The summed E-state index contributed by atoms with van der Waals surface area (Å²) >= 11 is 0. The summed E-state index contributed by atoms with van der Waals surface area (Å²) in [6.45, 7) is 7.43. The van der Waals surface area contributed by atoms with Crippen molar-refractivity contribution in [3.8, 4) is 17.6 Å². The summed E-state index contributed by atoms with van der Waals surface area (Å²) in [5.74, 6) is -1.18. The van der Waals surface area contributed by atoms with Crippen LogP contribution in [0.15, 0.2) is 133 Å². The highest BCUT2D eigenvalue weighted by molar-refractivity contribution is 6.03. The number of oxime groups is 1. The Bertz CT molecular complexity index is 2720. The molecule has 0 radical (unpaired) electrons. The van der Waals surface area contributed by atoms with Gasteiger partial charge in [0.15, 0.2) is 0 Å². The third-order valence-corrected chi connectivity index (χ3v) is 14.5. The topological polar surface area (TPSA) is 156 Å². The van der Waals surface area contributed by atoms with Gasteiger partial charge < -0.3 is 38.9 Å². The van der Waals surface area contributed by atoms with Crippen molar-refractivity contribution >= 4 is 22.4 Å². The summed E-state index contributed by atoms with van der Waals surface area (Å²) < 4.78 is 27.5. The van der Waals surface area contributed by atoms with E-state index in [1.54, 1.807) is 30.3 Å². The molecule has 0 bridgehead atoms. The summed E-state index contributed by atoms with van der Waals surface area (Å²) in [5.41, 5.74) is 6.11. The number of benzene rings is 4. The van der Waals surface area contributed by atoms with Crippen molar-refractivity contribution in [2.45, 2.75) is 108 Å². The minimum absolute atomic E-state index is 0.0189. The van der Waals surface area contributed by atoms with Gasteiger partial charge in [-0.05, 0) is 134 Å². The van der Waals surface area contributed by atoms with E-state index in [-0.39, 0.29) is 63.1 Å². The van der Waals surface area contributed by atoms with Crippen molar-refractivity contribution in [1.82, 2.24) is 9.88 Å². The highest BCUT2D eigenvalue weighted by atomic mass is 16.8. The summed E-state index contributed by atoms with van der Waals surface area (Å²) in [6.07, 6.45) is 10.9. The molecule has 12 nitrogen and oxygen atoms in total. The highest BCUT2D eigenvalue weighted by Gasteiger charge is 2.65. The van der Waals surface area contributed by atoms with Crippen molar-refractivity contribution in [2.75, 3.05) is 26.4 Å². The van der Waals surface area contributed by atoms with Gasteiger partial charge in [-0.3, -0.25) is 9.78 Å². The molecule has 2 aliphatic carbocycles. The molecule has 5 aromatic rings. The molecule has 4 aliphatic rings.